The average molecular weight is 379 g/mol. The minimum Gasteiger partial charge on any atom is -0.326 e. The van der Waals surface area contributed by atoms with E-state index in [1.165, 1.54) is 0 Å². The highest BCUT2D eigenvalue weighted by Gasteiger charge is 2.32. The van der Waals surface area contributed by atoms with E-state index in [0.717, 1.165) is 28.2 Å². The molecule has 0 bridgehead atoms. The van der Waals surface area contributed by atoms with Crippen molar-refractivity contribution in [2.24, 2.45) is 0 Å². The molecule has 0 spiro atoms. The molecule has 0 radical (unpaired) electrons. The lowest BCUT2D eigenvalue weighted by Crippen LogP contribution is -2.11. The molecule has 3 aromatic heterocycles. The molecule has 1 aliphatic rings. The lowest BCUT2D eigenvalue weighted by atomic mass is 10.1. The second kappa shape index (κ2) is 6.02. The van der Waals surface area contributed by atoms with E-state index in [-0.39, 0.29) is 17.5 Å². The van der Waals surface area contributed by atoms with Gasteiger partial charge >= 0.3 is 0 Å². The van der Waals surface area contributed by atoms with E-state index in [1.807, 2.05) is 47.2 Å². The highest BCUT2D eigenvalue weighted by Crippen LogP contribution is 2.37. The van der Waals surface area contributed by atoms with Crippen LogP contribution in [-0.2, 0) is 9.84 Å². The third-order valence-electron chi connectivity index (χ3n) is 4.98. The van der Waals surface area contributed by atoms with Crippen molar-refractivity contribution < 1.29 is 8.42 Å². The summed E-state index contributed by atoms with van der Waals surface area (Å²) in [5.74, 6) is 0.347. The third kappa shape index (κ3) is 2.73. The second-order valence-corrected chi connectivity index (χ2v) is 8.95. The molecule has 27 heavy (non-hydrogen) atoms. The molecule has 5 rings (SSSR count). The van der Waals surface area contributed by atoms with Crippen molar-refractivity contribution in [3.8, 4) is 22.5 Å². The molecule has 4 aromatic rings. The van der Waals surface area contributed by atoms with E-state index < -0.39 is 9.84 Å². The fourth-order valence-corrected chi connectivity index (χ4v) is 5.41. The predicted octanol–water partition coefficient (Wildman–Crippen LogP) is 2.62. The van der Waals surface area contributed by atoms with Crippen molar-refractivity contribution in [2.75, 3.05) is 11.5 Å². The summed E-state index contributed by atoms with van der Waals surface area (Å²) in [6, 6.07) is 11.6. The monoisotopic (exact) mass is 379 g/mol. The van der Waals surface area contributed by atoms with Crippen LogP contribution < -0.4 is 0 Å². The van der Waals surface area contributed by atoms with Crippen LogP contribution in [0.25, 0.3) is 28.2 Å². The Hall–Kier alpha value is -3.00. The minimum absolute atomic E-state index is 0.131. The van der Waals surface area contributed by atoms with Crippen LogP contribution in [0.4, 0.5) is 0 Å². The van der Waals surface area contributed by atoms with Gasteiger partial charge < -0.3 is 4.57 Å². The van der Waals surface area contributed by atoms with E-state index in [2.05, 4.69) is 15.1 Å². The number of benzene rings is 1. The lowest BCUT2D eigenvalue weighted by molar-refractivity contribution is 0.559. The highest BCUT2D eigenvalue weighted by molar-refractivity contribution is 7.91. The van der Waals surface area contributed by atoms with Gasteiger partial charge in [-0.1, -0.05) is 30.3 Å². The van der Waals surface area contributed by atoms with Gasteiger partial charge in [0.1, 0.15) is 0 Å². The van der Waals surface area contributed by atoms with E-state index in [1.54, 1.807) is 23.2 Å². The van der Waals surface area contributed by atoms with Crippen molar-refractivity contribution in [3.63, 3.8) is 0 Å². The first kappa shape index (κ1) is 16.2. The van der Waals surface area contributed by atoms with Crippen molar-refractivity contribution in [3.05, 3.63) is 61.3 Å². The molecule has 0 N–H and O–H groups in total. The van der Waals surface area contributed by atoms with Crippen molar-refractivity contribution in [2.45, 2.75) is 12.5 Å². The highest BCUT2D eigenvalue weighted by atomic mass is 32.2. The van der Waals surface area contributed by atoms with Crippen molar-refractivity contribution in [1.29, 1.82) is 0 Å². The first-order chi connectivity index (χ1) is 13.1. The maximum Gasteiger partial charge on any atom is 0.164 e. The van der Waals surface area contributed by atoms with Crippen LogP contribution in [-0.4, -0.2) is 44.1 Å². The summed E-state index contributed by atoms with van der Waals surface area (Å²) < 4.78 is 27.8. The average Bonchev–Trinajstić information content (AvgIpc) is 3.38. The summed E-state index contributed by atoms with van der Waals surface area (Å²) in [6.07, 6.45) is 7.67. The second-order valence-electron chi connectivity index (χ2n) is 6.72. The van der Waals surface area contributed by atoms with Gasteiger partial charge in [-0.15, -0.1) is 0 Å². The lowest BCUT2D eigenvalue weighted by Gasteiger charge is -2.14. The molecule has 8 heteroatoms. The normalized spacial score (nSPS) is 18.9. The van der Waals surface area contributed by atoms with E-state index in [0.29, 0.717) is 6.42 Å². The number of aromatic nitrogens is 5. The molecule has 0 saturated carbocycles. The Morgan fingerprint density at radius 3 is 2.70 bits per heavy atom. The Kier molecular flexibility index (Phi) is 3.61. The maximum absolute atomic E-state index is 12.0. The molecule has 4 heterocycles. The molecule has 1 fully saturated rings. The largest absolute Gasteiger partial charge is 0.326 e. The molecular formula is C19H17N5O2S. The summed E-state index contributed by atoms with van der Waals surface area (Å²) in [6.45, 7) is 0. The van der Waals surface area contributed by atoms with Gasteiger partial charge in [0.25, 0.3) is 0 Å². The zero-order valence-corrected chi connectivity index (χ0v) is 15.2. The fourth-order valence-electron chi connectivity index (χ4n) is 3.70. The predicted molar refractivity (Wildman–Crippen MR) is 102 cm³/mol. The topological polar surface area (TPSA) is 82.1 Å². The Morgan fingerprint density at radius 1 is 1.07 bits per heavy atom. The summed E-state index contributed by atoms with van der Waals surface area (Å²) in [7, 11) is -3.01. The van der Waals surface area contributed by atoms with Gasteiger partial charge in [-0.2, -0.15) is 5.10 Å². The van der Waals surface area contributed by atoms with Crippen LogP contribution in [0, 0.1) is 0 Å². The van der Waals surface area contributed by atoms with Gasteiger partial charge in [-0.3, -0.25) is 0 Å². The number of nitrogens with zero attached hydrogens (tertiary/aromatic N) is 5. The molecular weight excluding hydrogens is 362 g/mol. The third-order valence-corrected chi connectivity index (χ3v) is 6.73. The van der Waals surface area contributed by atoms with Crippen LogP contribution in [0.15, 0.2) is 61.3 Å². The molecule has 1 aromatic carbocycles. The van der Waals surface area contributed by atoms with Crippen LogP contribution >= 0.6 is 0 Å². The minimum atomic E-state index is -3.01. The zero-order valence-electron chi connectivity index (χ0n) is 14.4. The molecule has 1 unspecified atom stereocenters. The first-order valence-corrected chi connectivity index (χ1v) is 10.6. The standard InChI is InChI=1S/C19H17N5O2S/c25-27(26)10-7-15(12-27)23-13-21-17(14-5-2-1-3-6-14)18(23)16-11-22-24-9-4-8-20-19(16)24/h1-6,8-9,11,13,15H,7,10,12H2. The Balaban J connectivity index is 1.75. The molecule has 1 atom stereocenters. The Morgan fingerprint density at radius 2 is 1.93 bits per heavy atom. The van der Waals surface area contributed by atoms with Crippen LogP contribution in [0.2, 0.25) is 0 Å². The zero-order chi connectivity index (χ0) is 18.4. The van der Waals surface area contributed by atoms with Crippen LogP contribution in [0.5, 0.6) is 0 Å². The van der Waals surface area contributed by atoms with E-state index in [9.17, 15) is 8.42 Å². The number of imidazole rings is 1. The summed E-state index contributed by atoms with van der Waals surface area (Å²) in [5, 5.41) is 4.40. The molecule has 1 aliphatic heterocycles. The quantitative estimate of drug-likeness (QED) is 0.546. The van der Waals surface area contributed by atoms with Gasteiger partial charge in [-0.25, -0.2) is 22.9 Å². The summed E-state index contributed by atoms with van der Waals surface area (Å²) in [4.78, 5) is 9.11. The summed E-state index contributed by atoms with van der Waals surface area (Å²) in [5.41, 5.74) is 4.20. The van der Waals surface area contributed by atoms with Gasteiger partial charge in [-0.05, 0) is 12.5 Å². The van der Waals surface area contributed by atoms with Gasteiger partial charge in [0.05, 0.1) is 47.0 Å². The number of hydrogen-bond acceptors (Lipinski definition) is 5. The van der Waals surface area contributed by atoms with Gasteiger partial charge in [0.2, 0.25) is 0 Å². The van der Waals surface area contributed by atoms with Gasteiger partial charge in [0.15, 0.2) is 15.5 Å². The van der Waals surface area contributed by atoms with Crippen LogP contribution in [0.1, 0.15) is 12.5 Å². The van der Waals surface area contributed by atoms with E-state index >= 15 is 0 Å². The van der Waals surface area contributed by atoms with Crippen LogP contribution in [0.3, 0.4) is 0 Å². The molecule has 0 aliphatic carbocycles. The SMILES string of the molecule is O=S1(=O)CCC(n2cnc(-c3ccccc3)c2-c2cnn3cccnc23)C1. The first-order valence-electron chi connectivity index (χ1n) is 8.74. The number of fused-ring (bicyclic) bond motifs is 1. The summed E-state index contributed by atoms with van der Waals surface area (Å²) >= 11 is 0. The number of rotatable bonds is 3. The van der Waals surface area contributed by atoms with E-state index in [4.69, 9.17) is 0 Å². The van der Waals surface area contributed by atoms with Gasteiger partial charge in [0, 0.05) is 18.0 Å². The number of sulfone groups is 1. The molecule has 0 amide bonds. The number of hydrogen-bond donors (Lipinski definition) is 0. The molecule has 1 saturated heterocycles. The smallest absolute Gasteiger partial charge is 0.164 e. The van der Waals surface area contributed by atoms with Crippen molar-refractivity contribution in [1.82, 2.24) is 24.1 Å². The maximum atomic E-state index is 12.0. The Labute approximate surface area is 156 Å². The molecule has 7 nitrogen and oxygen atoms in total. The molecule has 136 valence electrons. The van der Waals surface area contributed by atoms with Crippen molar-refractivity contribution >= 4 is 15.5 Å². The fraction of sp³-hybridized carbons (Fsp3) is 0.211. The Bertz CT molecular complexity index is 1230.